The predicted molar refractivity (Wildman–Crippen MR) is 67.9 cm³/mol. The minimum Gasteiger partial charge on any atom is -0.384 e. The molecule has 0 bridgehead atoms. The Kier molecular flexibility index (Phi) is 3.72. The van der Waals surface area contributed by atoms with Gasteiger partial charge in [0.15, 0.2) is 0 Å². The number of alkyl halides is 2. The Balaban J connectivity index is 0.000000574. The molecular weight excluding hydrogens is 236 g/mol. The maximum atomic E-state index is 13.2. The summed E-state index contributed by atoms with van der Waals surface area (Å²) in [7, 11) is 1.72. The van der Waals surface area contributed by atoms with Gasteiger partial charge < -0.3 is 9.64 Å². The first-order chi connectivity index (χ1) is 8.51. The van der Waals surface area contributed by atoms with Crippen molar-refractivity contribution in [2.24, 2.45) is 10.8 Å². The second-order valence-electron chi connectivity index (χ2n) is 6.06. The van der Waals surface area contributed by atoms with Gasteiger partial charge in [-0.05, 0) is 25.8 Å². The Bertz CT molecular complexity index is 304. The minimum atomic E-state index is -2.38. The highest BCUT2D eigenvalue weighted by Crippen LogP contribution is 2.65. The van der Waals surface area contributed by atoms with Crippen LogP contribution in [0.4, 0.5) is 8.78 Å². The lowest BCUT2D eigenvalue weighted by Crippen LogP contribution is -2.31. The molecule has 4 heteroatoms. The van der Waals surface area contributed by atoms with E-state index >= 15 is 0 Å². The molecule has 0 aromatic carbocycles. The first-order valence-electron chi connectivity index (χ1n) is 7.10. The average molecular weight is 261 g/mol. The SMILES string of the molecule is CC.COCC1(CN2CCC3(C2)CC3(F)F)CC1. The van der Waals surface area contributed by atoms with Gasteiger partial charge in [-0.3, -0.25) is 0 Å². The van der Waals surface area contributed by atoms with Crippen molar-refractivity contribution in [3.8, 4) is 0 Å². The molecule has 0 N–H and O–H groups in total. The van der Waals surface area contributed by atoms with E-state index in [1.54, 1.807) is 7.11 Å². The molecule has 0 radical (unpaired) electrons. The van der Waals surface area contributed by atoms with E-state index in [9.17, 15) is 8.78 Å². The van der Waals surface area contributed by atoms with Crippen LogP contribution in [0.3, 0.4) is 0 Å². The summed E-state index contributed by atoms with van der Waals surface area (Å²) in [5, 5.41) is 0. The van der Waals surface area contributed by atoms with Crippen LogP contribution in [-0.4, -0.2) is 44.2 Å². The molecule has 1 atom stereocenters. The van der Waals surface area contributed by atoms with Crippen LogP contribution >= 0.6 is 0 Å². The Hall–Kier alpha value is -0.220. The molecule has 1 spiro atoms. The van der Waals surface area contributed by atoms with Crippen molar-refractivity contribution in [3.05, 3.63) is 0 Å². The number of hydrogen-bond acceptors (Lipinski definition) is 2. The first kappa shape index (κ1) is 14.2. The summed E-state index contributed by atoms with van der Waals surface area (Å²) in [6, 6.07) is 0. The Labute approximate surface area is 109 Å². The van der Waals surface area contributed by atoms with Gasteiger partial charge >= 0.3 is 0 Å². The normalized spacial score (nSPS) is 35.2. The van der Waals surface area contributed by atoms with Gasteiger partial charge in [-0.2, -0.15) is 0 Å². The number of nitrogens with zero attached hydrogens (tertiary/aromatic N) is 1. The summed E-state index contributed by atoms with van der Waals surface area (Å²) < 4.78 is 31.6. The minimum absolute atomic E-state index is 0.119. The Morgan fingerprint density at radius 2 is 1.78 bits per heavy atom. The van der Waals surface area contributed by atoms with Crippen LogP contribution in [-0.2, 0) is 4.74 Å². The number of ether oxygens (including phenoxy) is 1. The molecular formula is C14H25F2NO. The quantitative estimate of drug-likeness (QED) is 0.770. The molecule has 18 heavy (non-hydrogen) atoms. The third kappa shape index (κ3) is 2.42. The average Bonchev–Trinajstić information content (AvgIpc) is 3.12. The summed E-state index contributed by atoms with van der Waals surface area (Å²) in [4.78, 5) is 2.23. The summed E-state index contributed by atoms with van der Waals surface area (Å²) in [6.07, 6.45) is 3.19. The van der Waals surface area contributed by atoms with Crippen LogP contribution in [0.2, 0.25) is 0 Å². The summed E-state index contributed by atoms with van der Waals surface area (Å²) in [5.41, 5.74) is -0.347. The largest absolute Gasteiger partial charge is 0.384 e. The predicted octanol–water partition coefficient (Wildman–Crippen LogP) is 3.17. The molecule has 2 nitrogen and oxygen atoms in total. The molecule has 0 amide bonds. The van der Waals surface area contributed by atoms with Crippen molar-refractivity contribution in [3.63, 3.8) is 0 Å². The Morgan fingerprint density at radius 1 is 1.17 bits per heavy atom. The summed E-state index contributed by atoms with van der Waals surface area (Å²) in [6.45, 7) is 7.19. The highest BCUT2D eigenvalue weighted by Gasteiger charge is 2.72. The topological polar surface area (TPSA) is 12.5 Å². The fraction of sp³-hybridized carbons (Fsp3) is 1.00. The zero-order chi connectivity index (χ0) is 13.4. The molecule has 0 aromatic rings. The number of rotatable bonds is 4. The molecule has 0 aromatic heterocycles. The van der Waals surface area contributed by atoms with Gasteiger partial charge in [-0.25, -0.2) is 8.78 Å². The van der Waals surface area contributed by atoms with E-state index in [2.05, 4.69) is 4.90 Å². The highest BCUT2D eigenvalue weighted by molar-refractivity contribution is 5.15. The molecule has 2 saturated carbocycles. The van der Waals surface area contributed by atoms with Crippen LogP contribution in [0.5, 0.6) is 0 Å². The third-order valence-corrected chi connectivity index (χ3v) is 4.61. The van der Waals surface area contributed by atoms with E-state index in [-0.39, 0.29) is 6.42 Å². The molecule has 3 fully saturated rings. The van der Waals surface area contributed by atoms with Crippen molar-refractivity contribution in [1.82, 2.24) is 4.90 Å². The van der Waals surface area contributed by atoms with Crippen molar-refractivity contribution >= 4 is 0 Å². The van der Waals surface area contributed by atoms with Gasteiger partial charge in [0.1, 0.15) is 0 Å². The summed E-state index contributed by atoms with van der Waals surface area (Å²) in [5.74, 6) is -2.38. The second kappa shape index (κ2) is 4.71. The third-order valence-electron chi connectivity index (χ3n) is 4.61. The van der Waals surface area contributed by atoms with E-state index < -0.39 is 11.3 Å². The maximum absolute atomic E-state index is 13.2. The van der Waals surface area contributed by atoms with E-state index in [0.29, 0.717) is 18.4 Å². The molecule has 1 unspecified atom stereocenters. The van der Waals surface area contributed by atoms with Crippen molar-refractivity contribution in [2.75, 3.05) is 33.4 Å². The maximum Gasteiger partial charge on any atom is 0.255 e. The zero-order valence-electron chi connectivity index (χ0n) is 11.8. The van der Waals surface area contributed by atoms with Gasteiger partial charge in [0.2, 0.25) is 0 Å². The second-order valence-corrected chi connectivity index (χ2v) is 6.06. The lowest BCUT2D eigenvalue weighted by atomic mass is 10.1. The van der Waals surface area contributed by atoms with Crippen molar-refractivity contribution in [2.45, 2.75) is 45.5 Å². The van der Waals surface area contributed by atoms with Gasteiger partial charge in [-0.15, -0.1) is 0 Å². The standard InChI is InChI=1S/C12H19F2NO.C2H6/c1-16-9-10(2-3-10)7-15-5-4-11(8-15)6-12(11,13)14;1-2/h2-9H2,1H3;1-2H3. The number of methoxy groups -OCH3 is 1. The van der Waals surface area contributed by atoms with E-state index in [1.807, 2.05) is 13.8 Å². The number of hydrogen-bond donors (Lipinski definition) is 0. The molecule has 3 rings (SSSR count). The van der Waals surface area contributed by atoms with Crippen molar-refractivity contribution in [1.29, 1.82) is 0 Å². The van der Waals surface area contributed by atoms with Crippen LogP contribution in [0.1, 0.15) is 39.5 Å². The molecule has 1 saturated heterocycles. The van der Waals surface area contributed by atoms with Crippen LogP contribution < -0.4 is 0 Å². The van der Waals surface area contributed by atoms with Crippen LogP contribution in [0.15, 0.2) is 0 Å². The van der Waals surface area contributed by atoms with E-state index in [4.69, 9.17) is 4.74 Å². The number of halogens is 2. The van der Waals surface area contributed by atoms with Gasteiger partial charge in [0, 0.05) is 32.0 Å². The molecule has 3 aliphatic rings. The fourth-order valence-electron chi connectivity index (χ4n) is 3.22. The first-order valence-corrected chi connectivity index (χ1v) is 7.10. The molecule has 2 aliphatic carbocycles. The van der Waals surface area contributed by atoms with Gasteiger partial charge in [0.05, 0.1) is 12.0 Å². The molecule has 106 valence electrons. The van der Waals surface area contributed by atoms with Gasteiger partial charge in [0.25, 0.3) is 5.92 Å². The van der Waals surface area contributed by atoms with E-state index in [1.165, 1.54) is 12.8 Å². The lowest BCUT2D eigenvalue weighted by molar-refractivity contribution is 0.0629. The molecule has 1 heterocycles. The number of likely N-dealkylation sites (tertiary alicyclic amines) is 1. The van der Waals surface area contributed by atoms with Gasteiger partial charge in [-0.1, -0.05) is 13.8 Å². The van der Waals surface area contributed by atoms with Crippen molar-refractivity contribution < 1.29 is 13.5 Å². The highest BCUT2D eigenvalue weighted by atomic mass is 19.3. The fourth-order valence-corrected chi connectivity index (χ4v) is 3.22. The summed E-state index contributed by atoms with van der Waals surface area (Å²) >= 11 is 0. The smallest absolute Gasteiger partial charge is 0.255 e. The van der Waals surface area contributed by atoms with Crippen LogP contribution in [0.25, 0.3) is 0 Å². The zero-order valence-corrected chi connectivity index (χ0v) is 11.8. The van der Waals surface area contributed by atoms with E-state index in [0.717, 1.165) is 19.7 Å². The molecule has 1 aliphatic heterocycles. The van der Waals surface area contributed by atoms with Crippen LogP contribution in [0, 0.1) is 10.8 Å². The Morgan fingerprint density at radius 3 is 2.17 bits per heavy atom. The lowest BCUT2D eigenvalue weighted by Gasteiger charge is -2.22. The monoisotopic (exact) mass is 261 g/mol.